The number of esters is 1. The third-order valence-corrected chi connectivity index (χ3v) is 2.65. The van der Waals surface area contributed by atoms with E-state index in [1.165, 1.54) is 6.92 Å². The molecule has 2 amide bonds. The maximum Gasteiger partial charge on any atom is 0.303 e. The van der Waals surface area contributed by atoms with Crippen LogP contribution in [-0.4, -0.2) is 30.4 Å². The van der Waals surface area contributed by atoms with Gasteiger partial charge in [-0.15, -0.1) is 0 Å². The molecular weight excluding hydrogens is 284 g/mol. The fraction of sp³-hybridized carbons (Fsp3) is 0.308. The van der Waals surface area contributed by atoms with Crippen LogP contribution >= 0.6 is 11.6 Å². The maximum atomic E-state index is 11.5. The first-order valence-corrected chi connectivity index (χ1v) is 6.22. The molecule has 1 atom stereocenters. The Hall–Kier alpha value is -2.08. The Morgan fingerprint density at radius 2 is 2.10 bits per heavy atom. The minimum Gasteiger partial charge on any atom is -0.456 e. The van der Waals surface area contributed by atoms with Gasteiger partial charge in [-0.2, -0.15) is 0 Å². The van der Waals surface area contributed by atoms with Crippen molar-refractivity contribution in [2.24, 2.45) is 5.73 Å². The average Bonchev–Trinajstić information content (AvgIpc) is 2.35. The fourth-order valence-electron chi connectivity index (χ4n) is 1.53. The zero-order chi connectivity index (χ0) is 15.1. The van der Waals surface area contributed by atoms with Crippen LogP contribution in [0.15, 0.2) is 24.3 Å². The lowest BCUT2D eigenvalue weighted by Crippen LogP contribution is -2.47. The highest BCUT2D eigenvalue weighted by Crippen LogP contribution is 2.12. The van der Waals surface area contributed by atoms with E-state index in [9.17, 15) is 14.4 Å². The van der Waals surface area contributed by atoms with Gasteiger partial charge < -0.3 is 15.8 Å². The van der Waals surface area contributed by atoms with Gasteiger partial charge in [0.15, 0.2) is 6.61 Å². The summed E-state index contributed by atoms with van der Waals surface area (Å²) in [6.45, 7) is 0.736. The van der Waals surface area contributed by atoms with Crippen LogP contribution in [0.25, 0.3) is 0 Å². The summed E-state index contributed by atoms with van der Waals surface area (Å²) in [5.74, 6) is -1.85. The Morgan fingerprint density at radius 1 is 1.40 bits per heavy atom. The lowest BCUT2D eigenvalue weighted by atomic mass is 10.1. The summed E-state index contributed by atoms with van der Waals surface area (Å²) < 4.78 is 4.53. The van der Waals surface area contributed by atoms with E-state index in [0.29, 0.717) is 5.02 Å². The van der Waals surface area contributed by atoms with Gasteiger partial charge in [-0.05, 0) is 17.7 Å². The predicted molar refractivity (Wildman–Crippen MR) is 72.9 cm³/mol. The number of primary amides is 1. The highest BCUT2D eigenvalue weighted by Gasteiger charge is 2.19. The van der Waals surface area contributed by atoms with E-state index in [2.05, 4.69) is 10.1 Å². The van der Waals surface area contributed by atoms with Crippen molar-refractivity contribution >= 4 is 29.4 Å². The van der Waals surface area contributed by atoms with Crippen molar-refractivity contribution in [2.75, 3.05) is 6.61 Å². The first-order chi connectivity index (χ1) is 9.38. The highest BCUT2D eigenvalue weighted by molar-refractivity contribution is 6.30. The van der Waals surface area contributed by atoms with Crippen LogP contribution in [-0.2, 0) is 25.5 Å². The Labute approximate surface area is 121 Å². The molecule has 0 aliphatic carbocycles. The lowest BCUT2D eigenvalue weighted by molar-refractivity contribution is -0.146. The Balaban J connectivity index is 2.63. The molecule has 0 aliphatic rings. The standard InChI is InChI=1S/C13H15ClN2O4/c1-8(17)20-7-12(18)16-11(13(15)19)6-9-3-2-4-10(14)5-9/h2-5,11H,6-7H2,1H3,(H2,15,19)(H,16,18)/t11-/m0/s1. The molecule has 0 fully saturated rings. The van der Waals surface area contributed by atoms with Gasteiger partial charge in [0, 0.05) is 18.4 Å². The molecule has 3 N–H and O–H groups in total. The van der Waals surface area contributed by atoms with Gasteiger partial charge in [0.25, 0.3) is 5.91 Å². The first kappa shape index (κ1) is 16.0. The zero-order valence-electron chi connectivity index (χ0n) is 10.9. The van der Waals surface area contributed by atoms with E-state index in [-0.39, 0.29) is 6.42 Å². The second-order valence-electron chi connectivity index (χ2n) is 4.14. The molecule has 20 heavy (non-hydrogen) atoms. The van der Waals surface area contributed by atoms with Crippen molar-refractivity contribution in [3.8, 4) is 0 Å². The molecule has 0 saturated carbocycles. The summed E-state index contributed by atoms with van der Waals surface area (Å²) in [7, 11) is 0. The first-order valence-electron chi connectivity index (χ1n) is 5.85. The summed E-state index contributed by atoms with van der Waals surface area (Å²) in [6.07, 6.45) is 0.210. The number of benzene rings is 1. The quantitative estimate of drug-likeness (QED) is 0.743. The van der Waals surface area contributed by atoms with Crippen LogP contribution in [0.2, 0.25) is 5.02 Å². The number of halogens is 1. The van der Waals surface area contributed by atoms with E-state index >= 15 is 0 Å². The third-order valence-electron chi connectivity index (χ3n) is 2.41. The van der Waals surface area contributed by atoms with E-state index in [4.69, 9.17) is 17.3 Å². The second-order valence-corrected chi connectivity index (χ2v) is 4.57. The topological polar surface area (TPSA) is 98.5 Å². The summed E-state index contributed by atoms with van der Waals surface area (Å²) >= 11 is 5.84. The number of amides is 2. The third kappa shape index (κ3) is 5.71. The van der Waals surface area contributed by atoms with E-state index in [1.54, 1.807) is 24.3 Å². The maximum absolute atomic E-state index is 11.5. The van der Waals surface area contributed by atoms with Gasteiger partial charge in [-0.1, -0.05) is 23.7 Å². The number of hydrogen-bond donors (Lipinski definition) is 2. The van der Waals surface area contributed by atoms with Crippen molar-refractivity contribution in [2.45, 2.75) is 19.4 Å². The fourth-order valence-corrected chi connectivity index (χ4v) is 1.74. The summed E-state index contributed by atoms with van der Waals surface area (Å²) in [5.41, 5.74) is 5.99. The average molecular weight is 299 g/mol. The van der Waals surface area contributed by atoms with Crippen LogP contribution in [0.3, 0.4) is 0 Å². The van der Waals surface area contributed by atoms with Crippen LogP contribution in [0.4, 0.5) is 0 Å². The van der Waals surface area contributed by atoms with Gasteiger partial charge in [-0.3, -0.25) is 14.4 Å². The van der Waals surface area contributed by atoms with Gasteiger partial charge in [0.2, 0.25) is 5.91 Å². The van der Waals surface area contributed by atoms with Crippen molar-refractivity contribution in [3.63, 3.8) is 0 Å². The molecule has 0 bridgehead atoms. The molecular formula is C13H15ClN2O4. The van der Waals surface area contributed by atoms with Gasteiger partial charge in [0.1, 0.15) is 6.04 Å². The number of carbonyl (C=O) groups is 3. The van der Waals surface area contributed by atoms with Gasteiger partial charge >= 0.3 is 5.97 Å². The van der Waals surface area contributed by atoms with Crippen molar-refractivity contribution in [3.05, 3.63) is 34.9 Å². The Kier molecular flexibility index (Phi) is 5.99. The normalized spacial score (nSPS) is 11.5. The van der Waals surface area contributed by atoms with Crippen molar-refractivity contribution < 1.29 is 19.1 Å². The molecule has 0 radical (unpaired) electrons. The number of carbonyl (C=O) groups excluding carboxylic acids is 3. The highest BCUT2D eigenvalue weighted by atomic mass is 35.5. The molecule has 6 nitrogen and oxygen atoms in total. The number of ether oxygens (including phenoxy) is 1. The lowest BCUT2D eigenvalue weighted by Gasteiger charge is -2.15. The molecule has 0 unspecified atom stereocenters. The molecule has 1 aromatic carbocycles. The van der Waals surface area contributed by atoms with Crippen LogP contribution in [0.1, 0.15) is 12.5 Å². The smallest absolute Gasteiger partial charge is 0.303 e. The van der Waals surface area contributed by atoms with E-state index < -0.39 is 30.4 Å². The molecule has 0 saturated heterocycles. The Bertz CT molecular complexity index is 519. The molecule has 0 aliphatic heterocycles. The summed E-state index contributed by atoms with van der Waals surface area (Å²) in [4.78, 5) is 33.4. The molecule has 0 heterocycles. The number of hydrogen-bond acceptors (Lipinski definition) is 4. The predicted octanol–water partition coefficient (Wildman–Crippen LogP) is 0.416. The van der Waals surface area contributed by atoms with Crippen molar-refractivity contribution in [1.82, 2.24) is 5.32 Å². The summed E-state index contributed by atoms with van der Waals surface area (Å²) in [5, 5.41) is 2.93. The van der Waals surface area contributed by atoms with E-state index in [0.717, 1.165) is 5.56 Å². The van der Waals surface area contributed by atoms with Crippen LogP contribution in [0.5, 0.6) is 0 Å². The van der Waals surface area contributed by atoms with Crippen LogP contribution < -0.4 is 11.1 Å². The Morgan fingerprint density at radius 3 is 2.65 bits per heavy atom. The number of rotatable bonds is 6. The molecule has 1 rings (SSSR count). The SMILES string of the molecule is CC(=O)OCC(=O)N[C@@H](Cc1cccc(Cl)c1)C(N)=O. The van der Waals surface area contributed by atoms with Gasteiger partial charge in [0.05, 0.1) is 0 Å². The largest absolute Gasteiger partial charge is 0.456 e. The molecule has 0 spiro atoms. The minimum absolute atomic E-state index is 0.210. The molecule has 108 valence electrons. The molecule has 0 aromatic heterocycles. The van der Waals surface area contributed by atoms with E-state index in [1.807, 2.05) is 0 Å². The monoisotopic (exact) mass is 298 g/mol. The molecule has 7 heteroatoms. The zero-order valence-corrected chi connectivity index (χ0v) is 11.6. The number of nitrogens with two attached hydrogens (primary N) is 1. The number of nitrogens with one attached hydrogen (secondary N) is 1. The van der Waals surface area contributed by atoms with Crippen LogP contribution in [0, 0.1) is 0 Å². The van der Waals surface area contributed by atoms with Crippen molar-refractivity contribution in [1.29, 1.82) is 0 Å². The summed E-state index contributed by atoms with van der Waals surface area (Å²) in [6, 6.07) is 5.98. The second kappa shape index (κ2) is 7.49. The van der Waals surface area contributed by atoms with Gasteiger partial charge in [-0.25, -0.2) is 0 Å². The molecule has 1 aromatic rings. The minimum atomic E-state index is -0.892.